The van der Waals surface area contributed by atoms with E-state index >= 15 is 0 Å². The van der Waals surface area contributed by atoms with Crippen LogP contribution in [0.3, 0.4) is 0 Å². The molecule has 0 saturated carbocycles. The minimum Gasteiger partial charge on any atom is -0.478 e. The maximum atomic E-state index is 10.4. The molecule has 0 heterocycles. The van der Waals surface area contributed by atoms with Crippen molar-refractivity contribution in [2.45, 2.75) is 6.92 Å². The molecule has 19 heavy (non-hydrogen) atoms. The summed E-state index contributed by atoms with van der Waals surface area (Å²) < 4.78 is 0. The van der Waals surface area contributed by atoms with E-state index in [0.717, 1.165) is 6.07 Å². The summed E-state index contributed by atoms with van der Waals surface area (Å²) in [6, 6.07) is 5.21. The number of carboxylic acids is 2. The monoisotopic (exact) mass is 279 g/mol. The number of hydrogen-bond donors (Lipinski definition) is 2. The first kappa shape index (κ1) is 19.4. The molecule has 0 bridgehead atoms. The van der Waals surface area contributed by atoms with Crippen molar-refractivity contribution in [3.63, 3.8) is 0 Å². The summed E-state index contributed by atoms with van der Waals surface area (Å²) in [5, 5.41) is 26.7. The average Bonchev–Trinajstić information content (AvgIpc) is 2.29. The summed E-state index contributed by atoms with van der Waals surface area (Å²) in [4.78, 5) is 29.6. The Bertz CT molecular complexity index is 455. The molecule has 0 amide bonds. The molecule has 1 aromatic rings. The molecule has 1 aromatic carbocycles. The second kappa shape index (κ2) is 9.06. The summed E-state index contributed by atoms with van der Waals surface area (Å²) in [5.74, 6) is -2.22. The first-order valence-electron chi connectivity index (χ1n) is 4.63. The summed E-state index contributed by atoms with van der Waals surface area (Å²) >= 11 is 0. The Labute approximate surface area is 124 Å². The molecule has 7 nitrogen and oxygen atoms in total. The molecule has 0 radical (unpaired) electrons. The molecule has 2 N–H and O–H groups in total. The standard InChI is InChI=1S/C7H5NO4.C4H6O2.Mg.2H/c9-7(10)5-3-1-2-4-6(5)8(11)12;1-3(2)4(5)6;;;/h1-4H,(H,9,10);1H2,2H3,(H,5,6);;;. The van der Waals surface area contributed by atoms with Gasteiger partial charge in [0.25, 0.3) is 5.69 Å². The van der Waals surface area contributed by atoms with Gasteiger partial charge in [0.15, 0.2) is 0 Å². The van der Waals surface area contributed by atoms with E-state index < -0.39 is 16.9 Å². The van der Waals surface area contributed by atoms with Crippen LogP contribution < -0.4 is 0 Å². The van der Waals surface area contributed by atoms with Crippen molar-refractivity contribution >= 4 is 40.7 Å². The van der Waals surface area contributed by atoms with Gasteiger partial charge in [0, 0.05) is 11.6 Å². The second-order valence-corrected chi connectivity index (χ2v) is 3.16. The van der Waals surface area contributed by atoms with Crippen molar-refractivity contribution in [1.29, 1.82) is 0 Å². The summed E-state index contributed by atoms with van der Waals surface area (Å²) in [5.41, 5.74) is -0.498. The van der Waals surface area contributed by atoms with Gasteiger partial charge in [0.05, 0.1) is 4.92 Å². The van der Waals surface area contributed by atoms with Crippen LogP contribution in [0.25, 0.3) is 0 Å². The summed E-state index contributed by atoms with van der Waals surface area (Å²) in [7, 11) is 0. The highest BCUT2D eigenvalue weighted by Gasteiger charge is 2.17. The van der Waals surface area contributed by atoms with Crippen molar-refractivity contribution < 1.29 is 24.7 Å². The van der Waals surface area contributed by atoms with Crippen LogP contribution in [0.2, 0.25) is 0 Å². The minimum absolute atomic E-state index is 0. The highest BCUT2D eigenvalue weighted by atomic mass is 24.3. The van der Waals surface area contributed by atoms with Gasteiger partial charge < -0.3 is 10.2 Å². The maximum absolute atomic E-state index is 10.4. The molecular weight excluding hydrogens is 266 g/mol. The Morgan fingerprint density at radius 1 is 1.26 bits per heavy atom. The number of carbonyl (C=O) groups is 2. The van der Waals surface area contributed by atoms with Crippen LogP contribution in [-0.2, 0) is 4.79 Å². The summed E-state index contributed by atoms with van der Waals surface area (Å²) in [6.45, 7) is 4.60. The van der Waals surface area contributed by atoms with Crippen molar-refractivity contribution in [3.05, 3.63) is 52.1 Å². The molecule has 0 aliphatic heterocycles. The molecule has 0 unspecified atom stereocenters. The fourth-order valence-corrected chi connectivity index (χ4v) is 0.814. The van der Waals surface area contributed by atoms with Gasteiger partial charge in [-0.3, -0.25) is 10.1 Å². The third-order valence-corrected chi connectivity index (χ3v) is 1.70. The zero-order chi connectivity index (χ0) is 14.3. The number of aromatic carboxylic acids is 1. The van der Waals surface area contributed by atoms with E-state index in [1.54, 1.807) is 0 Å². The third-order valence-electron chi connectivity index (χ3n) is 1.70. The number of aliphatic carboxylic acids is 1. The number of nitro groups is 1. The van der Waals surface area contributed by atoms with Gasteiger partial charge in [-0.25, -0.2) is 9.59 Å². The fraction of sp³-hybridized carbons (Fsp3) is 0.0909. The topological polar surface area (TPSA) is 118 Å². The Morgan fingerprint density at radius 2 is 1.68 bits per heavy atom. The van der Waals surface area contributed by atoms with E-state index in [4.69, 9.17) is 10.2 Å². The van der Waals surface area contributed by atoms with Crippen LogP contribution in [0.5, 0.6) is 0 Å². The van der Waals surface area contributed by atoms with Crippen LogP contribution >= 0.6 is 0 Å². The first-order valence-corrected chi connectivity index (χ1v) is 4.63. The number of benzene rings is 1. The van der Waals surface area contributed by atoms with Gasteiger partial charge >= 0.3 is 35.0 Å². The lowest BCUT2D eigenvalue weighted by Gasteiger charge is -1.94. The maximum Gasteiger partial charge on any atom is 0.342 e. The van der Waals surface area contributed by atoms with E-state index in [0.29, 0.717) is 0 Å². The fourth-order valence-electron chi connectivity index (χ4n) is 0.814. The number of carboxylic acid groups (broad SMARTS) is 2. The second-order valence-electron chi connectivity index (χ2n) is 3.16. The molecular formula is C11H13MgNO6. The molecule has 0 fully saturated rings. The van der Waals surface area contributed by atoms with Crippen molar-refractivity contribution in [2.75, 3.05) is 0 Å². The molecule has 100 valence electrons. The van der Waals surface area contributed by atoms with Crippen molar-refractivity contribution in [2.24, 2.45) is 0 Å². The van der Waals surface area contributed by atoms with Crippen LogP contribution in [-0.4, -0.2) is 50.1 Å². The summed E-state index contributed by atoms with van der Waals surface area (Å²) in [6.07, 6.45) is 0. The Hall–Kier alpha value is -1.93. The minimum atomic E-state index is -1.29. The van der Waals surface area contributed by atoms with E-state index in [2.05, 4.69) is 6.58 Å². The van der Waals surface area contributed by atoms with Gasteiger partial charge in [0.1, 0.15) is 5.56 Å². The number of nitrogens with zero attached hydrogens (tertiary/aromatic N) is 1. The van der Waals surface area contributed by atoms with Gasteiger partial charge in [-0.2, -0.15) is 0 Å². The van der Waals surface area contributed by atoms with Gasteiger partial charge in [-0.05, 0) is 13.0 Å². The Kier molecular flexibility index (Phi) is 9.25. The number of hydrogen-bond acceptors (Lipinski definition) is 4. The Morgan fingerprint density at radius 3 is 1.95 bits per heavy atom. The number of nitro benzene ring substituents is 1. The lowest BCUT2D eigenvalue weighted by atomic mass is 10.2. The highest BCUT2D eigenvalue weighted by molar-refractivity contribution is 5.92. The molecule has 0 saturated heterocycles. The molecule has 0 aliphatic carbocycles. The van der Waals surface area contributed by atoms with Crippen molar-refractivity contribution in [1.82, 2.24) is 0 Å². The Balaban J connectivity index is 0. The van der Waals surface area contributed by atoms with Gasteiger partial charge in [-0.15, -0.1) is 0 Å². The molecule has 8 heteroatoms. The highest BCUT2D eigenvalue weighted by Crippen LogP contribution is 2.16. The van der Waals surface area contributed by atoms with E-state index in [1.807, 2.05) is 0 Å². The van der Waals surface area contributed by atoms with Crippen LogP contribution in [0.4, 0.5) is 5.69 Å². The van der Waals surface area contributed by atoms with Crippen LogP contribution in [0, 0.1) is 10.1 Å². The molecule has 1 rings (SSSR count). The molecule has 0 aliphatic rings. The number of para-hydroxylation sites is 1. The largest absolute Gasteiger partial charge is 0.478 e. The first-order chi connectivity index (χ1) is 8.27. The van der Waals surface area contributed by atoms with Gasteiger partial charge in [-0.1, -0.05) is 18.7 Å². The zero-order valence-corrected chi connectivity index (χ0v) is 9.49. The smallest absolute Gasteiger partial charge is 0.342 e. The van der Waals surface area contributed by atoms with Crippen LogP contribution in [0.15, 0.2) is 36.4 Å². The van der Waals surface area contributed by atoms with Gasteiger partial charge in [0.2, 0.25) is 0 Å². The zero-order valence-electron chi connectivity index (χ0n) is 9.49. The lowest BCUT2D eigenvalue weighted by molar-refractivity contribution is -0.385. The normalized spacial score (nSPS) is 8.26. The third kappa shape index (κ3) is 7.16. The quantitative estimate of drug-likeness (QED) is 0.369. The molecule has 0 spiro atoms. The SMILES string of the molecule is C=C(C)C(=O)O.O=C(O)c1ccccc1[N+](=O)[O-].[MgH2]. The van der Waals surface area contributed by atoms with E-state index in [-0.39, 0.29) is 39.9 Å². The molecule has 0 aromatic heterocycles. The van der Waals surface area contributed by atoms with E-state index in [9.17, 15) is 19.7 Å². The van der Waals surface area contributed by atoms with E-state index in [1.165, 1.54) is 25.1 Å². The predicted octanol–water partition coefficient (Wildman–Crippen LogP) is 1.02. The predicted molar refractivity (Wildman–Crippen MR) is 71.0 cm³/mol. The molecule has 0 atom stereocenters. The van der Waals surface area contributed by atoms with Crippen LogP contribution in [0.1, 0.15) is 17.3 Å². The lowest BCUT2D eigenvalue weighted by Crippen LogP contribution is -2.01. The number of rotatable bonds is 3. The van der Waals surface area contributed by atoms with Crippen molar-refractivity contribution in [3.8, 4) is 0 Å². The average molecular weight is 280 g/mol.